The second kappa shape index (κ2) is 6.52. The van der Waals surface area contributed by atoms with Crippen molar-refractivity contribution in [2.75, 3.05) is 0 Å². The molecule has 6 heteroatoms. The fourth-order valence-electron chi connectivity index (χ4n) is 0.734. The van der Waals surface area contributed by atoms with Gasteiger partial charge in [-0.05, 0) is 13.0 Å². The van der Waals surface area contributed by atoms with Gasteiger partial charge in [-0.25, -0.2) is 4.57 Å². The quantitative estimate of drug-likeness (QED) is 0.554. The summed E-state index contributed by atoms with van der Waals surface area (Å²) in [6, 6.07) is 3.46. The van der Waals surface area contributed by atoms with E-state index in [1.807, 2.05) is 13.2 Å². The third-order valence-corrected chi connectivity index (χ3v) is 1.57. The first kappa shape index (κ1) is 14.1. The number of aryl methyl sites for hydroxylation is 1. The maximum atomic E-state index is 10.6. The van der Waals surface area contributed by atoms with Crippen LogP contribution in [0, 0.1) is 0 Å². The van der Waals surface area contributed by atoms with Gasteiger partial charge in [0.15, 0.2) is 12.4 Å². The molecule has 1 heterocycles. The minimum atomic E-state index is -1.44. The molecular weight excluding hydrogens is 212 g/mol. The summed E-state index contributed by atoms with van der Waals surface area (Å²) in [6.45, 7) is 1.13. The Morgan fingerprint density at radius 3 is 2.31 bits per heavy atom. The molecule has 1 aromatic rings. The summed E-state index contributed by atoms with van der Waals surface area (Å²) >= 11 is 0. The maximum absolute atomic E-state index is 10.6. The average Bonchev–Trinajstić information content (AvgIpc) is 2.18. The van der Waals surface area contributed by atoms with Crippen molar-refractivity contribution in [2.24, 2.45) is 12.8 Å². The molecule has 88 valence electrons. The van der Waals surface area contributed by atoms with Gasteiger partial charge in [0, 0.05) is 6.07 Å². The Labute approximate surface area is 92.9 Å². The minimum Gasteiger partial charge on any atom is -0.547 e. The van der Waals surface area contributed by atoms with Crippen LogP contribution in [0.5, 0.6) is 0 Å². The molecule has 0 aliphatic heterocycles. The molecular formula is C10H14N2O4. The molecule has 6 nitrogen and oxygen atoms in total. The SMILES string of the molecule is CC(O)C(=O)[O-].C[n+]1cccc(C(N)=O)c1. The van der Waals surface area contributed by atoms with Crippen LogP contribution in [0.4, 0.5) is 0 Å². The fourth-order valence-corrected chi connectivity index (χ4v) is 0.734. The molecule has 1 atom stereocenters. The summed E-state index contributed by atoms with van der Waals surface area (Å²) in [4.78, 5) is 19.9. The Bertz CT molecular complexity index is 377. The van der Waals surface area contributed by atoms with Gasteiger partial charge in [-0.15, -0.1) is 0 Å². The number of amides is 1. The first-order valence-electron chi connectivity index (χ1n) is 4.48. The van der Waals surface area contributed by atoms with Gasteiger partial charge in [0.2, 0.25) is 0 Å². The lowest BCUT2D eigenvalue weighted by atomic mass is 10.3. The van der Waals surface area contributed by atoms with E-state index in [9.17, 15) is 14.7 Å². The van der Waals surface area contributed by atoms with Gasteiger partial charge >= 0.3 is 0 Å². The van der Waals surface area contributed by atoms with Crippen LogP contribution < -0.4 is 15.4 Å². The number of hydrogen-bond acceptors (Lipinski definition) is 4. The zero-order valence-corrected chi connectivity index (χ0v) is 9.08. The van der Waals surface area contributed by atoms with Crippen molar-refractivity contribution >= 4 is 11.9 Å². The van der Waals surface area contributed by atoms with Gasteiger partial charge in [0.1, 0.15) is 12.6 Å². The number of carbonyl (C=O) groups excluding carboxylic acids is 2. The topological polar surface area (TPSA) is 107 Å². The number of nitrogens with zero attached hydrogens (tertiary/aromatic N) is 1. The number of pyridine rings is 1. The number of hydrogen-bond donors (Lipinski definition) is 2. The van der Waals surface area contributed by atoms with Crippen LogP contribution in [0.15, 0.2) is 24.5 Å². The first-order chi connectivity index (χ1) is 7.34. The van der Waals surface area contributed by atoms with Crippen LogP contribution >= 0.6 is 0 Å². The molecule has 16 heavy (non-hydrogen) atoms. The van der Waals surface area contributed by atoms with Crippen LogP contribution in [-0.4, -0.2) is 23.1 Å². The lowest BCUT2D eigenvalue weighted by Gasteiger charge is -2.00. The van der Waals surface area contributed by atoms with E-state index >= 15 is 0 Å². The van der Waals surface area contributed by atoms with Crippen LogP contribution in [0.1, 0.15) is 17.3 Å². The Kier molecular flexibility index (Phi) is 5.72. The van der Waals surface area contributed by atoms with Gasteiger partial charge in [-0.2, -0.15) is 0 Å². The van der Waals surface area contributed by atoms with E-state index in [-0.39, 0.29) is 0 Å². The molecule has 0 saturated carbocycles. The van der Waals surface area contributed by atoms with Crippen LogP contribution in [0.2, 0.25) is 0 Å². The molecule has 0 aliphatic rings. The number of carboxylic acid groups (broad SMARTS) is 1. The summed E-state index contributed by atoms with van der Waals surface area (Å²) in [5, 5.41) is 17.3. The monoisotopic (exact) mass is 226 g/mol. The summed E-state index contributed by atoms with van der Waals surface area (Å²) in [5.74, 6) is -1.83. The Morgan fingerprint density at radius 2 is 2.06 bits per heavy atom. The number of carboxylic acids is 1. The molecule has 0 aromatic carbocycles. The lowest BCUT2D eigenvalue weighted by Crippen LogP contribution is -2.32. The fraction of sp³-hybridized carbons (Fsp3) is 0.300. The van der Waals surface area contributed by atoms with Gasteiger partial charge in [0.05, 0.1) is 12.1 Å². The van der Waals surface area contributed by atoms with Crippen molar-refractivity contribution in [3.05, 3.63) is 30.1 Å². The summed E-state index contributed by atoms with van der Waals surface area (Å²) < 4.78 is 1.78. The number of aliphatic carboxylic acids is 1. The van der Waals surface area contributed by atoms with E-state index in [0.29, 0.717) is 5.56 Å². The Morgan fingerprint density at radius 1 is 1.56 bits per heavy atom. The average molecular weight is 226 g/mol. The van der Waals surface area contributed by atoms with E-state index in [1.165, 1.54) is 0 Å². The van der Waals surface area contributed by atoms with E-state index in [0.717, 1.165) is 6.92 Å². The van der Waals surface area contributed by atoms with Gasteiger partial charge < -0.3 is 20.7 Å². The summed E-state index contributed by atoms with van der Waals surface area (Å²) in [6.07, 6.45) is 2.18. The maximum Gasteiger partial charge on any atom is 0.254 e. The zero-order chi connectivity index (χ0) is 12.7. The number of carbonyl (C=O) groups is 2. The van der Waals surface area contributed by atoms with Crippen LogP contribution in [-0.2, 0) is 11.8 Å². The highest BCUT2D eigenvalue weighted by molar-refractivity contribution is 5.92. The zero-order valence-electron chi connectivity index (χ0n) is 9.08. The number of aromatic nitrogens is 1. The molecule has 1 amide bonds. The molecule has 0 aliphatic carbocycles. The molecule has 0 radical (unpaired) electrons. The predicted molar refractivity (Wildman–Crippen MR) is 52.8 cm³/mol. The van der Waals surface area contributed by atoms with Crippen LogP contribution in [0.25, 0.3) is 0 Å². The molecule has 0 fully saturated rings. The van der Waals surface area contributed by atoms with Gasteiger partial charge in [0.25, 0.3) is 5.91 Å². The van der Waals surface area contributed by atoms with Crippen molar-refractivity contribution in [3.8, 4) is 0 Å². The van der Waals surface area contributed by atoms with Gasteiger partial charge in [-0.1, -0.05) is 0 Å². The largest absolute Gasteiger partial charge is 0.547 e. The number of aliphatic hydroxyl groups excluding tert-OH is 1. The molecule has 0 bridgehead atoms. The molecule has 0 saturated heterocycles. The molecule has 1 unspecified atom stereocenters. The van der Waals surface area contributed by atoms with Crippen molar-refractivity contribution in [1.82, 2.24) is 0 Å². The Balaban J connectivity index is 0.000000325. The normalized spacial score (nSPS) is 10.9. The van der Waals surface area contributed by atoms with Crippen molar-refractivity contribution in [2.45, 2.75) is 13.0 Å². The first-order valence-corrected chi connectivity index (χ1v) is 4.48. The number of nitrogens with two attached hydrogens (primary N) is 1. The molecule has 3 N–H and O–H groups in total. The summed E-state index contributed by atoms with van der Waals surface area (Å²) in [5.41, 5.74) is 5.56. The number of rotatable bonds is 2. The van der Waals surface area contributed by atoms with Gasteiger partial charge in [-0.3, -0.25) is 4.79 Å². The lowest BCUT2D eigenvalue weighted by molar-refractivity contribution is -0.671. The van der Waals surface area contributed by atoms with Crippen molar-refractivity contribution in [3.63, 3.8) is 0 Å². The second-order valence-electron chi connectivity index (χ2n) is 3.12. The highest BCUT2D eigenvalue weighted by Gasteiger charge is 2.02. The van der Waals surface area contributed by atoms with Crippen LogP contribution in [0.3, 0.4) is 0 Å². The minimum absolute atomic E-state index is 0.392. The smallest absolute Gasteiger partial charge is 0.254 e. The highest BCUT2D eigenvalue weighted by atomic mass is 16.4. The Hall–Kier alpha value is -1.95. The number of primary amides is 1. The van der Waals surface area contributed by atoms with E-state index in [1.54, 1.807) is 22.9 Å². The second-order valence-corrected chi connectivity index (χ2v) is 3.12. The summed E-state index contributed by atoms with van der Waals surface area (Å²) in [7, 11) is 1.84. The van der Waals surface area contributed by atoms with Crippen molar-refractivity contribution < 1.29 is 24.4 Å². The van der Waals surface area contributed by atoms with Crippen molar-refractivity contribution in [1.29, 1.82) is 0 Å². The van der Waals surface area contributed by atoms with E-state index in [2.05, 4.69) is 0 Å². The highest BCUT2D eigenvalue weighted by Crippen LogP contribution is 1.90. The molecule has 1 aromatic heterocycles. The van der Waals surface area contributed by atoms with E-state index in [4.69, 9.17) is 10.8 Å². The third kappa shape index (κ3) is 5.71. The molecule has 1 rings (SSSR count). The molecule has 0 spiro atoms. The predicted octanol–water partition coefficient (Wildman–Crippen LogP) is -2.27. The standard InChI is InChI=1S/C7H8N2O.C3H6O3/c1-9-4-2-3-6(5-9)7(8)10;1-2(4)3(5)6/h2-5H,1H3,(H-,8,10);2,4H,1H3,(H,5,6). The number of aliphatic hydroxyl groups is 1. The van der Waals surface area contributed by atoms with E-state index < -0.39 is 18.0 Å². The third-order valence-electron chi connectivity index (χ3n) is 1.57.